The first kappa shape index (κ1) is 14.2. The molecule has 0 bridgehead atoms. The van der Waals surface area contributed by atoms with E-state index in [1.165, 1.54) is 31.7 Å². The predicted octanol–water partition coefficient (Wildman–Crippen LogP) is 7.31. The number of aryl methyl sites for hydroxylation is 1. The van der Waals surface area contributed by atoms with Gasteiger partial charge in [-0.15, -0.1) is 0 Å². The average molecular weight is 353 g/mol. The van der Waals surface area contributed by atoms with E-state index >= 15 is 0 Å². The van der Waals surface area contributed by atoms with Crippen LogP contribution in [0.2, 0.25) is 0 Å². The first-order valence-electron chi connectivity index (χ1n) is 12.1. The molecule has 0 saturated heterocycles. The minimum Gasteiger partial charge on any atom is -0.204 e. The van der Waals surface area contributed by atoms with Crippen LogP contribution in [0.5, 0.6) is 0 Å². The maximum absolute atomic E-state index is 13.5. The van der Waals surface area contributed by atoms with Crippen LogP contribution in [0, 0.1) is 35.3 Å². The van der Waals surface area contributed by atoms with E-state index in [4.69, 9.17) is 5.48 Å². The monoisotopic (exact) mass is 352 g/mol. The van der Waals surface area contributed by atoms with Crippen molar-refractivity contribution in [3.8, 4) is 0 Å². The van der Waals surface area contributed by atoms with E-state index in [1.54, 1.807) is 0 Å². The van der Waals surface area contributed by atoms with Crippen LogP contribution in [0.4, 0.5) is 8.78 Å². The Kier molecular flexibility index (Phi) is 5.18. The van der Waals surface area contributed by atoms with Crippen molar-refractivity contribution in [3.05, 3.63) is 35.4 Å². The van der Waals surface area contributed by atoms with Crippen LogP contribution in [-0.4, -0.2) is 0 Å². The minimum absolute atomic E-state index is 0.0992. The maximum Gasteiger partial charge on any atom is 0.159 e. The molecule has 1 aromatic carbocycles. The Morgan fingerprint density at radius 2 is 1.56 bits per heavy atom. The summed E-state index contributed by atoms with van der Waals surface area (Å²) in [4.78, 5) is 0. The Morgan fingerprint density at radius 3 is 2.20 bits per heavy atom. The maximum atomic E-state index is 13.5. The summed E-state index contributed by atoms with van der Waals surface area (Å²) >= 11 is 0. The van der Waals surface area contributed by atoms with Gasteiger partial charge in [0.15, 0.2) is 11.6 Å². The Bertz CT molecular complexity index is 665. The Hall–Kier alpha value is -0.920. The van der Waals surface area contributed by atoms with Gasteiger partial charge in [-0.3, -0.25) is 0 Å². The lowest BCUT2D eigenvalue weighted by Gasteiger charge is -2.38. The van der Waals surface area contributed by atoms with Crippen molar-refractivity contribution in [3.63, 3.8) is 0 Å². The zero-order chi connectivity index (χ0) is 21.2. The summed E-state index contributed by atoms with van der Waals surface area (Å²) < 4.78 is 61.1. The molecule has 0 spiro atoms. The quantitative estimate of drug-likeness (QED) is 0.503. The largest absolute Gasteiger partial charge is 0.204 e. The van der Waals surface area contributed by atoms with Crippen molar-refractivity contribution >= 4 is 0 Å². The molecule has 0 heterocycles. The third kappa shape index (κ3) is 5.28. The minimum atomic E-state index is -1.58. The molecule has 140 valence electrons. The zero-order valence-electron chi connectivity index (χ0n) is 19.4. The highest BCUT2D eigenvalue weighted by atomic mass is 19.2. The van der Waals surface area contributed by atoms with Crippen molar-refractivity contribution in [1.29, 1.82) is 0 Å². The molecule has 25 heavy (non-hydrogen) atoms. The van der Waals surface area contributed by atoms with E-state index < -0.39 is 30.3 Å². The normalized spacial score (nSPS) is 36.8. The predicted molar refractivity (Wildman–Crippen MR) is 100 cm³/mol. The molecule has 2 heteroatoms. The van der Waals surface area contributed by atoms with Gasteiger partial charge in [-0.2, -0.15) is 0 Å². The summed E-state index contributed by atoms with van der Waals surface area (Å²) in [5.41, 5.74) is 0.590. The molecule has 0 atom stereocenters. The molecule has 0 aliphatic heterocycles. The molecule has 0 amide bonds. The van der Waals surface area contributed by atoms with Gasteiger partial charge in [0, 0.05) is 5.48 Å². The van der Waals surface area contributed by atoms with Gasteiger partial charge in [-0.1, -0.05) is 51.4 Å². The second-order valence-corrected chi connectivity index (χ2v) is 7.99. The Labute approximate surface area is 158 Å². The molecule has 0 aromatic heterocycles. The number of rotatable bonds is 6. The van der Waals surface area contributed by atoms with Crippen molar-refractivity contribution in [1.82, 2.24) is 0 Å². The summed E-state index contributed by atoms with van der Waals surface area (Å²) in [6.07, 6.45) is 5.40. The van der Waals surface area contributed by atoms with Crippen LogP contribution >= 0.6 is 0 Å². The van der Waals surface area contributed by atoms with Gasteiger partial charge in [-0.05, 0) is 79.9 Å². The lowest BCUT2D eigenvalue weighted by atomic mass is 9.68. The van der Waals surface area contributed by atoms with Crippen LogP contribution in [0.3, 0.4) is 0 Å². The fourth-order valence-corrected chi connectivity index (χ4v) is 4.63. The van der Waals surface area contributed by atoms with E-state index in [-0.39, 0.29) is 5.92 Å². The van der Waals surface area contributed by atoms with Gasteiger partial charge in [0.1, 0.15) is 0 Å². The van der Waals surface area contributed by atoms with Crippen LogP contribution in [-0.2, 0) is 6.42 Å². The highest BCUT2D eigenvalue weighted by molar-refractivity contribution is 5.17. The SMILES string of the molecule is [2H]C1([2H])CC(C2CCC(CCC)CC2)CC([2H])([2H])C1CCc1ccc(F)c(F)c1. The highest BCUT2D eigenvalue weighted by Gasteiger charge is 2.30. The average Bonchev–Trinajstić information content (AvgIpc) is 2.63. The van der Waals surface area contributed by atoms with Gasteiger partial charge in [0.25, 0.3) is 0 Å². The molecule has 3 rings (SSSR count). The highest BCUT2D eigenvalue weighted by Crippen LogP contribution is 2.42. The first-order chi connectivity index (χ1) is 13.6. The molecule has 2 aliphatic rings. The molecule has 0 nitrogen and oxygen atoms in total. The molecule has 0 radical (unpaired) electrons. The van der Waals surface area contributed by atoms with E-state index in [9.17, 15) is 8.78 Å². The van der Waals surface area contributed by atoms with Gasteiger partial charge in [0.05, 0.1) is 0 Å². The van der Waals surface area contributed by atoms with Gasteiger partial charge in [0.2, 0.25) is 0 Å². The smallest absolute Gasteiger partial charge is 0.159 e. The van der Waals surface area contributed by atoms with Crippen LogP contribution in [0.15, 0.2) is 18.2 Å². The second kappa shape index (κ2) is 9.14. The van der Waals surface area contributed by atoms with Gasteiger partial charge < -0.3 is 0 Å². The fourth-order valence-electron chi connectivity index (χ4n) is 4.63. The molecule has 1 aromatic rings. The van der Waals surface area contributed by atoms with E-state index in [0.717, 1.165) is 30.9 Å². The molecular weight excluding hydrogens is 314 g/mol. The van der Waals surface area contributed by atoms with Crippen LogP contribution in [0.25, 0.3) is 0 Å². The van der Waals surface area contributed by atoms with Crippen LogP contribution < -0.4 is 0 Å². The van der Waals surface area contributed by atoms with Crippen molar-refractivity contribution in [2.45, 2.75) is 83.9 Å². The van der Waals surface area contributed by atoms with E-state index in [2.05, 4.69) is 6.92 Å². The Balaban J connectivity index is 1.63. The number of hydrogen-bond acceptors (Lipinski definition) is 0. The lowest BCUT2D eigenvalue weighted by Crippen LogP contribution is -2.26. The summed E-state index contributed by atoms with van der Waals surface area (Å²) in [5.74, 6) is -1.21. The standard InChI is InChI=1S/C23H34F2/c1-2-3-17-6-11-20(12-7-17)21-13-8-18(9-14-21)4-5-19-10-15-22(24)23(25)16-19/h10,15-18,20-21H,2-9,11-14H2,1H3/i8D2,9D2. The van der Waals surface area contributed by atoms with Gasteiger partial charge in [-0.25, -0.2) is 8.78 Å². The number of hydrogen-bond donors (Lipinski definition) is 0. The van der Waals surface area contributed by atoms with Crippen molar-refractivity contribution in [2.75, 3.05) is 0 Å². The lowest BCUT2D eigenvalue weighted by molar-refractivity contribution is 0.141. The summed E-state index contributed by atoms with van der Waals surface area (Å²) in [6.45, 7) is 2.22. The topological polar surface area (TPSA) is 0 Å². The molecule has 2 fully saturated rings. The molecule has 0 unspecified atom stereocenters. The third-order valence-electron chi connectivity index (χ3n) is 6.21. The second-order valence-electron chi connectivity index (χ2n) is 7.99. The van der Waals surface area contributed by atoms with Crippen molar-refractivity contribution < 1.29 is 14.3 Å². The van der Waals surface area contributed by atoms with Crippen molar-refractivity contribution in [2.24, 2.45) is 23.7 Å². The van der Waals surface area contributed by atoms with E-state index in [0.29, 0.717) is 37.2 Å². The van der Waals surface area contributed by atoms with E-state index in [1.807, 2.05) is 0 Å². The summed E-state index contributed by atoms with van der Waals surface area (Å²) in [6, 6.07) is 3.73. The van der Waals surface area contributed by atoms with Crippen LogP contribution in [0.1, 0.15) is 88.5 Å². The molecular formula is C23H34F2. The third-order valence-corrected chi connectivity index (χ3v) is 6.21. The zero-order valence-corrected chi connectivity index (χ0v) is 15.4. The first-order valence-corrected chi connectivity index (χ1v) is 10.1. The number of benzene rings is 1. The fraction of sp³-hybridized carbons (Fsp3) is 0.739. The summed E-state index contributed by atoms with van der Waals surface area (Å²) in [5, 5.41) is 0. The molecule has 2 saturated carbocycles. The molecule has 0 N–H and O–H groups in total. The Morgan fingerprint density at radius 1 is 0.880 bits per heavy atom. The van der Waals surface area contributed by atoms with Gasteiger partial charge >= 0.3 is 0 Å². The summed E-state index contributed by atoms with van der Waals surface area (Å²) in [7, 11) is 0. The molecule has 2 aliphatic carbocycles. The number of halogens is 2.